The Balaban J connectivity index is 0.00000961. The fraction of sp³-hybridized carbons (Fsp3) is 0.800. The molecule has 0 spiro atoms. The van der Waals surface area contributed by atoms with Crippen LogP contribution in [0.5, 0.6) is 0 Å². The summed E-state index contributed by atoms with van der Waals surface area (Å²) >= 11 is 0. The molecule has 0 heterocycles. The Morgan fingerprint density at radius 2 is 0.750 bits per heavy atom. The molecule has 0 aliphatic rings. The lowest BCUT2D eigenvalue weighted by molar-refractivity contribution is -0.00000684. The van der Waals surface area contributed by atoms with Crippen molar-refractivity contribution in [2.24, 2.45) is 0 Å². The molecule has 0 fully saturated rings. The van der Waals surface area contributed by atoms with Crippen molar-refractivity contribution < 1.29 is 17.0 Å². The van der Waals surface area contributed by atoms with Crippen LogP contribution in [0.4, 0.5) is 5.69 Å². The van der Waals surface area contributed by atoms with Gasteiger partial charge >= 0.3 is 0 Å². The van der Waals surface area contributed by atoms with Crippen LogP contribution >= 0.6 is 0 Å². The van der Waals surface area contributed by atoms with Crippen molar-refractivity contribution in [1.82, 2.24) is 4.48 Å². The molecular formula is C30H56BrN. The predicted molar refractivity (Wildman–Crippen MR) is 143 cm³/mol. The van der Waals surface area contributed by atoms with Crippen LogP contribution in [0.1, 0.15) is 136 Å². The Hall–Kier alpha value is -0.340. The lowest BCUT2D eigenvalue weighted by atomic mass is 10.0. The van der Waals surface area contributed by atoms with Crippen molar-refractivity contribution in [3.8, 4) is 0 Å². The smallest absolute Gasteiger partial charge is 0.132 e. The normalized spacial score (nSPS) is 11.5. The molecule has 0 aliphatic carbocycles. The monoisotopic (exact) mass is 509 g/mol. The number of hydrogen-bond donors (Lipinski definition) is 0. The van der Waals surface area contributed by atoms with E-state index in [0.29, 0.717) is 0 Å². The van der Waals surface area contributed by atoms with Crippen LogP contribution in [0.15, 0.2) is 30.3 Å². The van der Waals surface area contributed by atoms with Gasteiger partial charge in [0.2, 0.25) is 0 Å². The maximum absolute atomic E-state index is 2.42. The average molecular weight is 511 g/mol. The number of hydrogen-bond acceptors (Lipinski definition) is 0. The van der Waals surface area contributed by atoms with Gasteiger partial charge in [-0.15, -0.1) is 0 Å². The molecule has 1 aromatic carbocycles. The Morgan fingerprint density at radius 3 is 1.09 bits per heavy atom. The third kappa shape index (κ3) is 14.7. The van der Waals surface area contributed by atoms with E-state index in [0.717, 1.165) is 0 Å². The number of halogens is 1. The van der Waals surface area contributed by atoms with Crippen LogP contribution < -0.4 is 21.5 Å². The quantitative estimate of drug-likeness (QED) is 0.116. The third-order valence-corrected chi connectivity index (χ3v) is 7.12. The van der Waals surface area contributed by atoms with Gasteiger partial charge in [0.1, 0.15) is 5.69 Å². The fourth-order valence-corrected chi connectivity index (χ4v) is 5.05. The molecule has 0 bridgehead atoms. The zero-order valence-corrected chi connectivity index (χ0v) is 23.6. The number of unbranched alkanes of at least 4 members (excludes halogenated alkanes) is 15. The number of quaternary nitrogens is 1. The molecule has 1 rings (SSSR count). The molecule has 0 N–H and O–H groups in total. The summed E-state index contributed by atoms with van der Waals surface area (Å²) in [7, 11) is 0. The van der Waals surface area contributed by atoms with E-state index in [4.69, 9.17) is 0 Å². The van der Waals surface area contributed by atoms with E-state index in [2.05, 4.69) is 51.1 Å². The van der Waals surface area contributed by atoms with E-state index in [1.807, 2.05) is 0 Å². The molecular weight excluding hydrogens is 454 g/mol. The summed E-state index contributed by atoms with van der Waals surface area (Å²) in [6.45, 7) is 11.0. The number of para-hydroxylation sites is 1. The number of rotatable bonds is 22. The van der Waals surface area contributed by atoms with E-state index >= 15 is 0 Å². The summed E-state index contributed by atoms with van der Waals surface area (Å²) in [5, 5.41) is 0. The van der Waals surface area contributed by atoms with Gasteiger partial charge in [0, 0.05) is 0 Å². The summed E-state index contributed by atoms with van der Waals surface area (Å²) in [5.74, 6) is 0. The van der Waals surface area contributed by atoms with Gasteiger partial charge in [0.25, 0.3) is 0 Å². The van der Waals surface area contributed by atoms with Crippen molar-refractivity contribution in [3.05, 3.63) is 30.3 Å². The molecule has 0 saturated heterocycles. The highest BCUT2D eigenvalue weighted by Crippen LogP contribution is 2.27. The first-order valence-electron chi connectivity index (χ1n) is 14.2. The summed E-state index contributed by atoms with van der Waals surface area (Å²) in [6, 6.07) is 11.6. The first-order valence-corrected chi connectivity index (χ1v) is 14.2. The summed E-state index contributed by atoms with van der Waals surface area (Å²) in [5.41, 5.74) is 1.58. The molecule has 188 valence electrons. The predicted octanol–water partition coefficient (Wildman–Crippen LogP) is 7.08. The molecule has 2 heteroatoms. The lowest BCUT2D eigenvalue weighted by Gasteiger charge is -2.39. The molecule has 0 radical (unpaired) electrons. The Labute approximate surface area is 213 Å². The van der Waals surface area contributed by atoms with E-state index in [1.54, 1.807) is 5.69 Å². The molecule has 0 unspecified atom stereocenters. The van der Waals surface area contributed by atoms with Crippen LogP contribution in [0.2, 0.25) is 0 Å². The molecule has 1 nitrogen and oxygen atoms in total. The Morgan fingerprint density at radius 1 is 0.438 bits per heavy atom. The van der Waals surface area contributed by atoms with Crippen molar-refractivity contribution in [3.63, 3.8) is 0 Å². The minimum Gasteiger partial charge on any atom is -1.00 e. The maximum atomic E-state index is 2.42. The van der Waals surface area contributed by atoms with Gasteiger partial charge in [-0.25, -0.2) is 0 Å². The standard InChI is InChI=1S/C30H56N.BrH/c1-4-7-10-13-16-22-27-31(30-25-20-19-21-26-30,28-23-17-14-11-8-5-2)29-24-18-15-12-9-6-3;/h19-21,25-26H,4-18,22-24,27-29H2,1-3H3;1H/q+1;/p-1. The number of nitrogens with zero attached hydrogens (tertiary/aromatic N) is 1. The Bertz CT molecular complexity index is 446. The van der Waals surface area contributed by atoms with Crippen molar-refractivity contribution >= 4 is 5.69 Å². The molecule has 0 atom stereocenters. The summed E-state index contributed by atoms with van der Waals surface area (Å²) in [4.78, 5) is 0. The van der Waals surface area contributed by atoms with Crippen molar-refractivity contribution in [2.75, 3.05) is 19.6 Å². The van der Waals surface area contributed by atoms with Crippen molar-refractivity contribution in [1.29, 1.82) is 0 Å². The fourth-order valence-electron chi connectivity index (χ4n) is 5.05. The van der Waals surface area contributed by atoms with Crippen LogP contribution in [0.25, 0.3) is 0 Å². The second-order valence-electron chi connectivity index (χ2n) is 9.95. The second-order valence-corrected chi connectivity index (χ2v) is 9.95. The highest BCUT2D eigenvalue weighted by molar-refractivity contribution is 5.42. The maximum Gasteiger partial charge on any atom is 0.132 e. The first kappa shape index (κ1) is 31.7. The molecule has 0 saturated carbocycles. The minimum absolute atomic E-state index is 0. The van der Waals surface area contributed by atoms with E-state index in [-0.39, 0.29) is 17.0 Å². The lowest BCUT2D eigenvalue weighted by Crippen LogP contribution is -3.00. The van der Waals surface area contributed by atoms with Gasteiger partial charge in [-0.05, 0) is 50.7 Å². The molecule has 0 aromatic heterocycles. The minimum atomic E-state index is 0. The average Bonchev–Trinajstić information content (AvgIpc) is 2.80. The first-order chi connectivity index (χ1) is 15.3. The molecule has 1 aromatic rings. The third-order valence-electron chi connectivity index (χ3n) is 7.12. The van der Waals surface area contributed by atoms with Gasteiger partial charge in [-0.3, -0.25) is 4.48 Å². The van der Waals surface area contributed by atoms with Gasteiger partial charge in [-0.1, -0.05) is 116 Å². The van der Waals surface area contributed by atoms with Crippen LogP contribution in [0.3, 0.4) is 0 Å². The summed E-state index contributed by atoms with van der Waals surface area (Å²) in [6.07, 6.45) is 25.3. The molecule has 0 aliphatic heterocycles. The van der Waals surface area contributed by atoms with Crippen molar-refractivity contribution in [2.45, 2.75) is 136 Å². The molecule has 0 amide bonds. The van der Waals surface area contributed by atoms with Gasteiger partial charge in [0.05, 0.1) is 19.6 Å². The zero-order chi connectivity index (χ0) is 22.5. The zero-order valence-electron chi connectivity index (χ0n) is 22.1. The van der Waals surface area contributed by atoms with E-state index in [9.17, 15) is 0 Å². The van der Waals surface area contributed by atoms with Gasteiger partial charge < -0.3 is 17.0 Å². The second kappa shape index (κ2) is 22.5. The SMILES string of the molecule is CCCCCCCC[N+](CCCCCCCC)(CCCCCCCC)c1ccccc1.[Br-]. The van der Waals surface area contributed by atoms with E-state index < -0.39 is 0 Å². The van der Waals surface area contributed by atoms with Gasteiger partial charge in [-0.2, -0.15) is 0 Å². The van der Waals surface area contributed by atoms with Crippen LogP contribution in [-0.4, -0.2) is 19.6 Å². The topological polar surface area (TPSA) is 0 Å². The van der Waals surface area contributed by atoms with Crippen LogP contribution in [0, 0.1) is 0 Å². The van der Waals surface area contributed by atoms with Gasteiger partial charge in [0.15, 0.2) is 0 Å². The Kier molecular flexibility index (Phi) is 22.2. The highest BCUT2D eigenvalue weighted by atomic mass is 79.9. The number of benzene rings is 1. The van der Waals surface area contributed by atoms with Crippen LogP contribution in [-0.2, 0) is 0 Å². The van der Waals surface area contributed by atoms with E-state index in [1.165, 1.54) is 140 Å². The largest absolute Gasteiger partial charge is 1.00 e. The highest BCUT2D eigenvalue weighted by Gasteiger charge is 2.29. The molecule has 32 heavy (non-hydrogen) atoms. The summed E-state index contributed by atoms with van der Waals surface area (Å²) < 4.78 is 1.25.